The maximum atomic E-state index is 12.6. The monoisotopic (exact) mass is 329 g/mol. The van der Waals surface area contributed by atoms with E-state index in [-0.39, 0.29) is 41.9 Å². The predicted octanol–water partition coefficient (Wildman–Crippen LogP) is 1.41. The predicted molar refractivity (Wildman–Crippen MR) is 85.8 cm³/mol. The molecule has 1 saturated heterocycles. The quantitative estimate of drug-likeness (QED) is 0.874. The van der Waals surface area contributed by atoms with E-state index in [0.29, 0.717) is 13.1 Å². The zero-order valence-electron chi connectivity index (χ0n) is 13.0. The van der Waals surface area contributed by atoms with Gasteiger partial charge in [-0.25, -0.2) is 0 Å². The van der Waals surface area contributed by atoms with Crippen molar-refractivity contribution in [2.24, 2.45) is 11.7 Å². The summed E-state index contributed by atoms with van der Waals surface area (Å²) in [6.45, 7) is 5.14. The Morgan fingerprint density at radius 1 is 1.36 bits per heavy atom. The summed E-state index contributed by atoms with van der Waals surface area (Å²) in [5.41, 5.74) is 5.86. The Balaban J connectivity index is 0.00000242. The van der Waals surface area contributed by atoms with Crippen molar-refractivity contribution in [3.8, 4) is 0 Å². The number of rotatable bonds is 4. The second-order valence-corrected chi connectivity index (χ2v) is 5.84. The Labute approximate surface area is 136 Å². The van der Waals surface area contributed by atoms with Crippen LogP contribution in [0.25, 0.3) is 0 Å². The smallest absolute Gasteiger partial charge is 0.287 e. The van der Waals surface area contributed by atoms with Crippen LogP contribution in [0, 0.1) is 5.92 Å². The second kappa shape index (κ2) is 8.19. The van der Waals surface area contributed by atoms with Crippen LogP contribution in [0.4, 0.5) is 0 Å². The van der Waals surface area contributed by atoms with Crippen molar-refractivity contribution in [1.29, 1.82) is 0 Å². The fourth-order valence-electron chi connectivity index (χ4n) is 2.45. The molecule has 1 aliphatic heterocycles. The molecule has 1 aromatic rings. The molecule has 1 fully saturated rings. The molecule has 22 heavy (non-hydrogen) atoms. The Morgan fingerprint density at radius 2 is 2.00 bits per heavy atom. The zero-order chi connectivity index (χ0) is 15.4. The van der Waals surface area contributed by atoms with E-state index in [0.717, 1.165) is 12.8 Å². The lowest BCUT2D eigenvalue weighted by Gasteiger charge is -2.34. The maximum Gasteiger partial charge on any atom is 0.287 e. The molecule has 7 heteroatoms. The molecule has 6 nitrogen and oxygen atoms in total. The average molecular weight is 330 g/mol. The molecular formula is C15H24ClN3O3. The van der Waals surface area contributed by atoms with Gasteiger partial charge in [-0.2, -0.15) is 0 Å². The van der Waals surface area contributed by atoms with Gasteiger partial charge in [-0.15, -0.1) is 12.4 Å². The Kier molecular flexibility index (Phi) is 6.90. The molecule has 2 rings (SSSR count). The van der Waals surface area contributed by atoms with Crippen molar-refractivity contribution in [2.75, 3.05) is 13.1 Å². The van der Waals surface area contributed by atoms with Crippen molar-refractivity contribution in [1.82, 2.24) is 10.2 Å². The van der Waals surface area contributed by atoms with Crippen LogP contribution in [0.3, 0.4) is 0 Å². The van der Waals surface area contributed by atoms with Gasteiger partial charge in [0.1, 0.15) is 6.04 Å². The van der Waals surface area contributed by atoms with Gasteiger partial charge in [0.15, 0.2) is 5.76 Å². The fraction of sp³-hybridized carbons (Fsp3) is 0.600. The van der Waals surface area contributed by atoms with Gasteiger partial charge in [0, 0.05) is 19.1 Å². The van der Waals surface area contributed by atoms with Gasteiger partial charge < -0.3 is 20.4 Å². The van der Waals surface area contributed by atoms with Crippen molar-refractivity contribution in [3.63, 3.8) is 0 Å². The van der Waals surface area contributed by atoms with Gasteiger partial charge in [-0.05, 0) is 30.9 Å². The highest BCUT2D eigenvalue weighted by Crippen LogP contribution is 2.14. The fourth-order valence-corrected chi connectivity index (χ4v) is 2.45. The van der Waals surface area contributed by atoms with E-state index >= 15 is 0 Å². The lowest BCUT2D eigenvalue weighted by molar-refractivity contribution is -0.135. The van der Waals surface area contributed by atoms with E-state index in [1.165, 1.54) is 6.26 Å². The largest absolute Gasteiger partial charge is 0.459 e. The summed E-state index contributed by atoms with van der Waals surface area (Å²) in [4.78, 5) is 26.4. The number of hydrogen-bond donors (Lipinski definition) is 2. The first kappa shape index (κ1) is 18.5. The van der Waals surface area contributed by atoms with Gasteiger partial charge in [-0.1, -0.05) is 13.8 Å². The molecule has 0 spiro atoms. The number of halogens is 1. The van der Waals surface area contributed by atoms with Crippen molar-refractivity contribution in [2.45, 2.75) is 38.8 Å². The summed E-state index contributed by atoms with van der Waals surface area (Å²) in [6, 6.07) is 2.85. The van der Waals surface area contributed by atoms with Crippen LogP contribution in [-0.4, -0.2) is 41.9 Å². The number of carbonyl (C=O) groups is 2. The molecule has 1 atom stereocenters. The highest BCUT2D eigenvalue weighted by molar-refractivity contribution is 5.95. The van der Waals surface area contributed by atoms with Gasteiger partial charge in [-0.3, -0.25) is 9.59 Å². The number of carbonyl (C=O) groups excluding carboxylic acids is 2. The summed E-state index contributed by atoms with van der Waals surface area (Å²) < 4.78 is 5.06. The number of nitrogens with zero attached hydrogens (tertiary/aromatic N) is 1. The standard InChI is InChI=1S/C15H23N3O3.ClH/c1-10(2)13(17-14(19)12-4-3-9-21-12)15(20)18-7-5-11(16)6-8-18;/h3-4,9-11,13H,5-8,16H2,1-2H3,(H,17,19);1H. The van der Waals surface area contributed by atoms with Crippen LogP contribution in [0.15, 0.2) is 22.8 Å². The van der Waals surface area contributed by atoms with Crippen LogP contribution in [0.5, 0.6) is 0 Å². The number of hydrogen-bond acceptors (Lipinski definition) is 4. The van der Waals surface area contributed by atoms with E-state index < -0.39 is 6.04 Å². The first-order valence-electron chi connectivity index (χ1n) is 7.37. The van der Waals surface area contributed by atoms with E-state index in [1.807, 2.05) is 13.8 Å². The maximum absolute atomic E-state index is 12.6. The lowest BCUT2D eigenvalue weighted by Crippen LogP contribution is -2.54. The molecule has 1 aromatic heterocycles. The number of furan rings is 1. The summed E-state index contributed by atoms with van der Waals surface area (Å²) in [5, 5.41) is 2.77. The molecule has 0 saturated carbocycles. The Bertz CT molecular complexity index is 482. The highest BCUT2D eigenvalue weighted by atomic mass is 35.5. The van der Waals surface area contributed by atoms with Gasteiger partial charge in [0.05, 0.1) is 6.26 Å². The molecule has 1 aliphatic rings. The summed E-state index contributed by atoms with van der Waals surface area (Å²) in [7, 11) is 0. The summed E-state index contributed by atoms with van der Waals surface area (Å²) in [5.74, 6) is -0.182. The highest BCUT2D eigenvalue weighted by Gasteiger charge is 2.31. The summed E-state index contributed by atoms with van der Waals surface area (Å²) in [6.07, 6.45) is 3.05. The minimum atomic E-state index is -0.545. The molecule has 1 unspecified atom stereocenters. The number of nitrogens with two attached hydrogens (primary N) is 1. The number of piperidine rings is 1. The van der Waals surface area contributed by atoms with Gasteiger partial charge in [0.25, 0.3) is 5.91 Å². The van der Waals surface area contributed by atoms with Crippen LogP contribution in [-0.2, 0) is 4.79 Å². The van der Waals surface area contributed by atoms with Crippen LogP contribution in [0.1, 0.15) is 37.2 Å². The SMILES string of the molecule is CC(C)C(NC(=O)c1ccco1)C(=O)N1CCC(N)CC1.Cl. The molecule has 3 N–H and O–H groups in total. The van der Waals surface area contributed by atoms with Crippen molar-refractivity contribution in [3.05, 3.63) is 24.2 Å². The van der Waals surface area contributed by atoms with Crippen LogP contribution in [0.2, 0.25) is 0 Å². The second-order valence-electron chi connectivity index (χ2n) is 5.84. The van der Waals surface area contributed by atoms with Crippen molar-refractivity contribution >= 4 is 24.2 Å². The average Bonchev–Trinajstić information content (AvgIpc) is 2.98. The van der Waals surface area contributed by atoms with E-state index in [1.54, 1.807) is 17.0 Å². The first-order chi connectivity index (χ1) is 9.99. The molecule has 0 aromatic carbocycles. The molecule has 2 heterocycles. The van der Waals surface area contributed by atoms with Gasteiger partial charge >= 0.3 is 0 Å². The molecule has 0 aliphatic carbocycles. The molecule has 0 radical (unpaired) electrons. The molecule has 0 bridgehead atoms. The molecular weight excluding hydrogens is 306 g/mol. The third-order valence-corrected chi connectivity index (χ3v) is 3.82. The molecule has 2 amide bonds. The number of nitrogens with one attached hydrogen (secondary N) is 1. The third kappa shape index (κ3) is 4.48. The van der Waals surface area contributed by atoms with Crippen molar-refractivity contribution < 1.29 is 14.0 Å². The minimum absolute atomic E-state index is 0. The van der Waals surface area contributed by atoms with E-state index in [9.17, 15) is 9.59 Å². The lowest BCUT2D eigenvalue weighted by atomic mass is 10.00. The van der Waals surface area contributed by atoms with Gasteiger partial charge in [0.2, 0.25) is 5.91 Å². The van der Waals surface area contributed by atoms with E-state index in [2.05, 4.69) is 5.32 Å². The number of likely N-dealkylation sites (tertiary alicyclic amines) is 1. The number of amides is 2. The summed E-state index contributed by atoms with van der Waals surface area (Å²) >= 11 is 0. The molecule has 124 valence electrons. The zero-order valence-corrected chi connectivity index (χ0v) is 13.8. The Morgan fingerprint density at radius 3 is 2.50 bits per heavy atom. The Hall–Kier alpha value is -1.53. The van der Waals surface area contributed by atoms with E-state index in [4.69, 9.17) is 10.2 Å². The minimum Gasteiger partial charge on any atom is -0.459 e. The van der Waals surface area contributed by atoms with Crippen LogP contribution >= 0.6 is 12.4 Å². The van der Waals surface area contributed by atoms with Crippen LogP contribution < -0.4 is 11.1 Å². The normalized spacial score (nSPS) is 17.0. The first-order valence-corrected chi connectivity index (χ1v) is 7.37. The third-order valence-electron chi connectivity index (χ3n) is 3.82. The topological polar surface area (TPSA) is 88.6 Å².